The van der Waals surface area contributed by atoms with Gasteiger partial charge in [-0.3, -0.25) is 4.79 Å². The molecule has 0 aliphatic heterocycles. The number of carbonyl (C=O) groups is 1. The molecule has 1 unspecified atom stereocenters. The van der Waals surface area contributed by atoms with E-state index in [1.54, 1.807) is 0 Å². The van der Waals surface area contributed by atoms with Crippen LogP contribution >= 0.6 is 0 Å². The summed E-state index contributed by atoms with van der Waals surface area (Å²) in [5.74, 6) is -0.382. The van der Waals surface area contributed by atoms with Gasteiger partial charge in [-0.1, -0.05) is 0 Å². The molecule has 1 atom stereocenters. The lowest BCUT2D eigenvalue weighted by Crippen LogP contribution is -2.47. The van der Waals surface area contributed by atoms with E-state index in [0.29, 0.717) is 12.8 Å². The monoisotopic (exact) mass is 143 g/mol. The van der Waals surface area contributed by atoms with Gasteiger partial charge in [0.05, 0.1) is 5.66 Å². The molecule has 0 spiro atoms. The molecule has 0 saturated heterocycles. The zero-order valence-corrected chi connectivity index (χ0v) is 5.84. The van der Waals surface area contributed by atoms with Crippen LogP contribution in [-0.4, -0.2) is 11.6 Å². The molecule has 10 heavy (non-hydrogen) atoms. The fourth-order valence-electron chi connectivity index (χ4n) is 1.35. The Kier molecular flexibility index (Phi) is 1.66. The Morgan fingerprint density at radius 1 is 1.50 bits per heavy atom. The number of hydrogen-bond donors (Lipinski definition) is 3. The normalized spacial score (nSPS) is 30.4. The SMILES string of the molecule is NC(=O)C1CCC(N)(N)C1. The highest BCUT2D eigenvalue weighted by Gasteiger charge is 2.34. The van der Waals surface area contributed by atoms with Crippen LogP contribution in [0.15, 0.2) is 0 Å². The highest BCUT2D eigenvalue weighted by atomic mass is 16.1. The van der Waals surface area contributed by atoms with E-state index < -0.39 is 5.66 Å². The minimum atomic E-state index is -0.653. The van der Waals surface area contributed by atoms with Crippen LogP contribution in [0.2, 0.25) is 0 Å². The van der Waals surface area contributed by atoms with E-state index in [1.165, 1.54) is 0 Å². The van der Waals surface area contributed by atoms with Crippen LogP contribution in [0.4, 0.5) is 0 Å². The molecule has 0 bridgehead atoms. The third kappa shape index (κ3) is 1.46. The average molecular weight is 143 g/mol. The van der Waals surface area contributed by atoms with Crippen molar-refractivity contribution in [2.75, 3.05) is 0 Å². The van der Waals surface area contributed by atoms with Gasteiger partial charge in [0.2, 0.25) is 5.91 Å². The van der Waals surface area contributed by atoms with Crippen molar-refractivity contribution in [3.63, 3.8) is 0 Å². The van der Waals surface area contributed by atoms with Gasteiger partial charge < -0.3 is 17.2 Å². The molecule has 0 radical (unpaired) electrons. The highest BCUT2D eigenvalue weighted by Crippen LogP contribution is 2.28. The number of primary amides is 1. The maximum Gasteiger partial charge on any atom is 0.220 e. The molecule has 0 aromatic heterocycles. The average Bonchev–Trinajstić information content (AvgIpc) is 2.10. The van der Waals surface area contributed by atoms with Crippen molar-refractivity contribution in [1.82, 2.24) is 0 Å². The molecular weight excluding hydrogens is 130 g/mol. The maximum absolute atomic E-state index is 10.6. The third-order valence-electron chi connectivity index (χ3n) is 1.99. The van der Waals surface area contributed by atoms with Gasteiger partial charge in [0.15, 0.2) is 0 Å². The van der Waals surface area contributed by atoms with Crippen LogP contribution in [0.3, 0.4) is 0 Å². The number of amides is 1. The first kappa shape index (κ1) is 7.50. The molecule has 1 fully saturated rings. The van der Waals surface area contributed by atoms with Gasteiger partial charge in [-0.2, -0.15) is 0 Å². The van der Waals surface area contributed by atoms with Gasteiger partial charge >= 0.3 is 0 Å². The molecule has 0 heterocycles. The Morgan fingerprint density at radius 3 is 2.30 bits per heavy atom. The molecule has 4 heteroatoms. The molecule has 6 N–H and O–H groups in total. The van der Waals surface area contributed by atoms with Crippen molar-refractivity contribution in [2.24, 2.45) is 23.1 Å². The summed E-state index contributed by atoms with van der Waals surface area (Å²) < 4.78 is 0. The highest BCUT2D eigenvalue weighted by molar-refractivity contribution is 5.77. The Balaban J connectivity index is 2.51. The van der Waals surface area contributed by atoms with Crippen LogP contribution in [-0.2, 0) is 4.79 Å². The molecule has 1 saturated carbocycles. The van der Waals surface area contributed by atoms with E-state index in [-0.39, 0.29) is 11.8 Å². The molecule has 1 rings (SSSR count). The topological polar surface area (TPSA) is 95.1 Å². The summed E-state index contributed by atoms with van der Waals surface area (Å²) in [5, 5.41) is 0. The summed E-state index contributed by atoms with van der Waals surface area (Å²) >= 11 is 0. The van der Waals surface area contributed by atoms with E-state index in [2.05, 4.69) is 0 Å². The molecule has 1 aliphatic rings. The molecule has 1 amide bonds. The Hall–Kier alpha value is -0.610. The Morgan fingerprint density at radius 2 is 2.10 bits per heavy atom. The number of nitrogens with two attached hydrogens (primary N) is 3. The van der Waals surface area contributed by atoms with Gasteiger partial charge in [0, 0.05) is 5.92 Å². The lowest BCUT2D eigenvalue weighted by atomic mass is 10.1. The second-order valence-electron chi connectivity index (χ2n) is 3.08. The maximum atomic E-state index is 10.6. The zero-order chi connectivity index (χ0) is 7.78. The predicted molar refractivity (Wildman–Crippen MR) is 37.6 cm³/mol. The lowest BCUT2D eigenvalue weighted by molar-refractivity contribution is -0.121. The van der Waals surface area contributed by atoms with Gasteiger partial charge in [-0.25, -0.2) is 0 Å². The van der Waals surface area contributed by atoms with Crippen LogP contribution in [0.5, 0.6) is 0 Å². The minimum absolute atomic E-state index is 0.102. The summed E-state index contributed by atoms with van der Waals surface area (Å²) in [5.41, 5.74) is 15.6. The van der Waals surface area contributed by atoms with Crippen molar-refractivity contribution in [3.8, 4) is 0 Å². The van der Waals surface area contributed by atoms with E-state index in [4.69, 9.17) is 17.2 Å². The Labute approximate surface area is 59.7 Å². The van der Waals surface area contributed by atoms with Crippen LogP contribution in [0, 0.1) is 5.92 Å². The zero-order valence-electron chi connectivity index (χ0n) is 5.84. The number of hydrogen-bond acceptors (Lipinski definition) is 3. The summed E-state index contributed by atoms with van der Waals surface area (Å²) in [6.45, 7) is 0. The van der Waals surface area contributed by atoms with E-state index in [1.807, 2.05) is 0 Å². The van der Waals surface area contributed by atoms with Crippen LogP contribution in [0.25, 0.3) is 0 Å². The largest absolute Gasteiger partial charge is 0.369 e. The second-order valence-corrected chi connectivity index (χ2v) is 3.08. The smallest absolute Gasteiger partial charge is 0.220 e. The molecule has 0 aromatic carbocycles. The second kappa shape index (κ2) is 2.21. The van der Waals surface area contributed by atoms with Crippen molar-refractivity contribution < 1.29 is 4.79 Å². The van der Waals surface area contributed by atoms with Crippen LogP contribution in [0.1, 0.15) is 19.3 Å². The molecule has 0 aromatic rings. The van der Waals surface area contributed by atoms with E-state index in [0.717, 1.165) is 6.42 Å². The van der Waals surface area contributed by atoms with E-state index in [9.17, 15) is 4.79 Å². The summed E-state index contributed by atoms with van der Waals surface area (Å²) in [4.78, 5) is 10.6. The van der Waals surface area contributed by atoms with Gasteiger partial charge in [-0.15, -0.1) is 0 Å². The number of rotatable bonds is 1. The molecule has 58 valence electrons. The molecular formula is C6H13N3O. The first-order valence-electron chi connectivity index (χ1n) is 3.38. The minimum Gasteiger partial charge on any atom is -0.369 e. The first-order valence-corrected chi connectivity index (χ1v) is 3.38. The van der Waals surface area contributed by atoms with Crippen molar-refractivity contribution in [1.29, 1.82) is 0 Å². The summed E-state index contributed by atoms with van der Waals surface area (Å²) in [6.07, 6.45) is 1.96. The van der Waals surface area contributed by atoms with Gasteiger partial charge in [0.25, 0.3) is 0 Å². The third-order valence-corrected chi connectivity index (χ3v) is 1.99. The predicted octanol–water partition coefficient (Wildman–Crippen LogP) is -1.11. The lowest BCUT2D eigenvalue weighted by Gasteiger charge is -2.16. The summed E-state index contributed by atoms with van der Waals surface area (Å²) in [6, 6.07) is 0. The molecule has 4 nitrogen and oxygen atoms in total. The summed E-state index contributed by atoms with van der Waals surface area (Å²) in [7, 11) is 0. The quantitative estimate of drug-likeness (QED) is 0.406. The van der Waals surface area contributed by atoms with Gasteiger partial charge in [0.1, 0.15) is 0 Å². The van der Waals surface area contributed by atoms with Crippen molar-refractivity contribution in [2.45, 2.75) is 24.9 Å². The van der Waals surface area contributed by atoms with Crippen LogP contribution < -0.4 is 17.2 Å². The molecule has 1 aliphatic carbocycles. The van der Waals surface area contributed by atoms with Gasteiger partial charge in [-0.05, 0) is 19.3 Å². The Bertz CT molecular complexity index is 155. The number of carbonyl (C=O) groups excluding carboxylic acids is 1. The van der Waals surface area contributed by atoms with Crippen molar-refractivity contribution >= 4 is 5.91 Å². The van der Waals surface area contributed by atoms with Crippen molar-refractivity contribution in [3.05, 3.63) is 0 Å². The fraction of sp³-hybridized carbons (Fsp3) is 0.833. The van der Waals surface area contributed by atoms with E-state index >= 15 is 0 Å². The first-order chi connectivity index (χ1) is 4.51. The fourth-order valence-corrected chi connectivity index (χ4v) is 1.35. The standard InChI is InChI=1S/C6H13N3O/c7-5(10)4-1-2-6(8,9)3-4/h4H,1-3,8-9H2,(H2,7,10).